The molecule has 1 rings (SSSR count). The standard InChI is InChI=1S/C12H17ClN2O2S/c1-7(16)8(2)18-6-12(17)15-11-5-9(14)3-4-10(11)13/h3-5,7-8,16H,6,14H2,1-2H3,(H,15,17). The molecule has 1 amide bonds. The van der Waals surface area contributed by atoms with Crippen molar-refractivity contribution in [3.8, 4) is 0 Å². The lowest BCUT2D eigenvalue weighted by molar-refractivity contribution is -0.113. The van der Waals surface area contributed by atoms with Crippen LogP contribution in [0.15, 0.2) is 18.2 Å². The Balaban J connectivity index is 2.52. The number of hydrogen-bond acceptors (Lipinski definition) is 4. The molecule has 0 aliphatic rings. The van der Waals surface area contributed by atoms with E-state index in [0.29, 0.717) is 16.4 Å². The van der Waals surface area contributed by atoms with Crippen LogP contribution in [0.5, 0.6) is 0 Å². The van der Waals surface area contributed by atoms with Gasteiger partial charge in [0.15, 0.2) is 0 Å². The van der Waals surface area contributed by atoms with E-state index >= 15 is 0 Å². The SMILES string of the molecule is CC(O)C(C)SCC(=O)Nc1cc(N)ccc1Cl. The van der Waals surface area contributed by atoms with E-state index in [1.54, 1.807) is 25.1 Å². The Hall–Kier alpha value is -0.910. The predicted molar refractivity (Wildman–Crippen MR) is 78.1 cm³/mol. The van der Waals surface area contributed by atoms with Crippen LogP contribution in [0.4, 0.5) is 11.4 Å². The van der Waals surface area contributed by atoms with Gasteiger partial charge in [-0.1, -0.05) is 18.5 Å². The summed E-state index contributed by atoms with van der Waals surface area (Å²) in [7, 11) is 0. The van der Waals surface area contributed by atoms with Crippen LogP contribution in [0.1, 0.15) is 13.8 Å². The topological polar surface area (TPSA) is 75.3 Å². The lowest BCUT2D eigenvalue weighted by Crippen LogP contribution is -2.20. The number of nitrogens with one attached hydrogen (secondary N) is 1. The van der Waals surface area contributed by atoms with Crippen molar-refractivity contribution in [1.82, 2.24) is 0 Å². The number of aliphatic hydroxyl groups is 1. The van der Waals surface area contributed by atoms with E-state index < -0.39 is 6.10 Å². The van der Waals surface area contributed by atoms with Crippen molar-refractivity contribution in [2.45, 2.75) is 25.2 Å². The van der Waals surface area contributed by atoms with Gasteiger partial charge in [-0.2, -0.15) is 0 Å². The first-order chi connectivity index (χ1) is 8.40. The zero-order valence-electron chi connectivity index (χ0n) is 10.3. The molecule has 0 radical (unpaired) electrons. The molecule has 0 spiro atoms. The Bertz CT molecular complexity index is 427. The summed E-state index contributed by atoms with van der Waals surface area (Å²) in [5, 5.41) is 12.5. The van der Waals surface area contributed by atoms with E-state index in [1.165, 1.54) is 11.8 Å². The van der Waals surface area contributed by atoms with Gasteiger partial charge in [-0.15, -0.1) is 11.8 Å². The first-order valence-corrected chi connectivity index (χ1v) is 6.97. The lowest BCUT2D eigenvalue weighted by atomic mass is 10.3. The number of thioether (sulfide) groups is 1. The number of rotatable bonds is 5. The molecule has 0 aromatic heterocycles. The molecule has 6 heteroatoms. The first kappa shape index (κ1) is 15.1. The molecule has 4 nitrogen and oxygen atoms in total. The number of hydrogen-bond donors (Lipinski definition) is 3. The second-order valence-electron chi connectivity index (χ2n) is 4.04. The zero-order chi connectivity index (χ0) is 13.7. The van der Waals surface area contributed by atoms with Gasteiger partial charge in [0.1, 0.15) is 0 Å². The van der Waals surface area contributed by atoms with E-state index in [4.69, 9.17) is 17.3 Å². The molecular weight excluding hydrogens is 272 g/mol. The molecule has 2 atom stereocenters. The molecule has 1 aromatic carbocycles. The molecule has 100 valence electrons. The molecule has 0 saturated heterocycles. The molecule has 1 aromatic rings. The fraction of sp³-hybridized carbons (Fsp3) is 0.417. The normalized spacial score (nSPS) is 14.0. The second-order valence-corrected chi connectivity index (χ2v) is 5.82. The molecule has 0 aliphatic carbocycles. The molecular formula is C12H17ClN2O2S. The number of nitrogen functional groups attached to an aromatic ring is 1. The van der Waals surface area contributed by atoms with Crippen LogP contribution in [0.25, 0.3) is 0 Å². The minimum Gasteiger partial charge on any atom is -0.399 e. The van der Waals surface area contributed by atoms with Gasteiger partial charge in [-0.25, -0.2) is 0 Å². The van der Waals surface area contributed by atoms with Gasteiger partial charge < -0.3 is 16.2 Å². The summed E-state index contributed by atoms with van der Waals surface area (Å²) >= 11 is 7.32. The van der Waals surface area contributed by atoms with Gasteiger partial charge in [0.25, 0.3) is 0 Å². The number of nitrogens with two attached hydrogens (primary N) is 1. The fourth-order valence-corrected chi connectivity index (χ4v) is 2.10. The molecule has 0 aliphatic heterocycles. The number of carbonyl (C=O) groups excluding carboxylic acids is 1. The minimum atomic E-state index is -0.446. The van der Waals surface area contributed by atoms with Crippen LogP contribution < -0.4 is 11.1 Å². The maximum Gasteiger partial charge on any atom is 0.234 e. The summed E-state index contributed by atoms with van der Waals surface area (Å²) < 4.78 is 0. The van der Waals surface area contributed by atoms with Crippen molar-refractivity contribution in [2.75, 3.05) is 16.8 Å². The molecule has 4 N–H and O–H groups in total. The second kappa shape index (κ2) is 6.87. The molecule has 0 fully saturated rings. The molecule has 0 saturated carbocycles. The largest absolute Gasteiger partial charge is 0.399 e. The van der Waals surface area contributed by atoms with E-state index in [2.05, 4.69) is 5.32 Å². The Morgan fingerprint density at radius 2 is 2.22 bits per heavy atom. The van der Waals surface area contributed by atoms with Crippen molar-refractivity contribution >= 4 is 40.6 Å². The summed E-state index contributed by atoms with van der Waals surface area (Å²) in [6.45, 7) is 3.57. The van der Waals surface area contributed by atoms with E-state index in [1.807, 2.05) is 6.92 Å². The summed E-state index contributed by atoms with van der Waals surface area (Å²) in [6, 6.07) is 4.92. The third-order valence-electron chi connectivity index (χ3n) is 2.42. The van der Waals surface area contributed by atoms with Gasteiger partial charge in [-0.3, -0.25) is 4.79 Å². The lowest BCUT2D eigenvalue weighted by Gasteiger charge is -2.14. The van der Waals surface area contributed by atoms with Crippen LogP contribution in [0.2, 0.25) is 5.02 Å². The van der Waals surface area contributed by atoms with Gasteiger partial charge >= 0.3 is 0 Å². The van der Waals surface area contributed by atoms with Gasteiger partial charge in [0, 0.05) is 10.9 Å². The average molecular weight is 289 g/mol. The van der Waals surface area contributed by atoms with Crippen molar-refractivity contribution in [2.24, 2.45) is 0 Å². The fourth-order valence-electron chi connectivity index (χ4n) is 1.17. The quantitative estimate of drug-likeness (QED) is 0.727. The highest BCUT2D eigenvalue weighted by atomic mass is 35.5. The van der Waals surface area contributed by atoms with Crippen LogP contribution in [-0.4, -0.2) is 28.1 Å². The summed E-state index contributed by atoms with van der Waals surface area (Å²) in [5.41, 5.74) is 6.66. The van der Waals surface area contributed by atoms with Crippen molar-refractivity contribution in [3.63, 3.8) is 0 Å². The van der Waals surface area contributed by atoms with Crippen LogP contribution in [-0.2, 0) is 4.79 Å². The highest BCUT2D eigenvalue weighted by Gasteiger charge is 2.12. The molecule has 2 unspecified atom stereocenters. The van der Waals surface area contributed by atoms with Crippen LogP contribution >= 0.6 is 23.4 Å². The third kappa shape index (κ3) is 4.76. The monoisotopic (exact) mass is 288 g/mol. The van der Waals surface area contributed by atoms with Crippen molar-refractivity contribution in [1.29, 1.82) is 0 Å². The van der Waals surface area contributed by atoms with Crippen molar-refractivity contribution in [3.05, 3.63) is 23.2 Å². The first-order valence-electron chi connectivity index (χ1n) is 5.54. The Labute approximate surface area is 116 Å². The summed E-state index contributed by atoms with van der Waals surface area (Å²) in [4.78, 5) is 11.7. The maximum atomic E-state index is 11.7. The smallest absolute Gasteiger partial charge is 0.234 e. The average Bonchev–Trinajstić information content (AvgIpc) is 2.30. The van der Waals surface area contributed by atoms with Gasteiger partial charge in [0.05, 0.1) is 22.6 Å². The predicted octanol–water partition coefficient (Wildman–Crippen LogP) is 2.36. The zero-order valence-corrected chi connectivity index (χ0v) is 11.9. The molecule has 0 bridgehead atoms. The highest BCUT2D eigenvalue weighted by Crippen LogP contribution is 2.24. The molecule has 0 heterocycles. The van der Waals surface area contributed by atoms with Gasteiger partial charge in [0.2, 0.25) is 5.91 Å². The third-order valence-corrected chi connectivity index (χ3v) is 4.10. The van der Waals surface area contributed by atoms with Crippen LogP contribution in [0, 0.1) is 0 Å². The Morgan fingerprint density at radius 3 is 2.83 bits per heavy atom. The van der Waals surface area contributed by atoms with E-state index in [-0.39, 0.29) is 16.9 Å². The number of amides is 1. The summed E-state index contributed by atoms with van der Waals surface area (Å²) in [5.74, 6) is 0.0944. The Kier molecular flexibility index (Phi) is 5.78. The molecule has 18 heavy (non-hydrogen) atoms. The van der Waals surface area contributed by atoms with Crippen LogP contribution in [0.3, 0.4) is 0 Å². The Morgan fingerprint density at radius 1 is 1.56 bits per heavy atom. The maximum absolute atomic E-state index is 11.7. The number of carbonyl (C=O) groups is 1. The number of anilines is 2. The minimum absolute atomic E-state index is 0.00654. The summed E-state index contributed by atoms with van der Waals surface area (Å²) in [6.07, 6.45) is -0.446. The van der Waals surface area contributed by atoms with E-state index in [0.717, 1.165) is 0 Å². The number of halogens is 1. The van der Waals surface area contributed by atoms with Gasteiger partial charge in [-0.05, 0) is 25.1 Å². The highest BCUT2D eigenvalue weighted by molar-refractivity contribution is 8.00. The number of benzene rings is 1. The van der Waals surface area contributed by atoms with Crippen molar-refractivity contribution < 1.29 is 9.90 Å². The number of aliphatic hydroxyl groups excluding tert-OH is 1. The van der Waals surface area contributed by atoms with E-state index in [9.17, 15) is 9.90 Å².